The summed E-state index contributed by atoms with van der Waals surface area (Å²) in [5.74, 6) is -0.218. The predicted octanol–water partition coefficient (Wildman–Crippen LogP) is 4.23. The number of rotatable bonds is 13. The second-order valence-corrected chi connectivity index (χ2v) is 11.3. The molecule has 0 aliphatic carbocycles. The summed E-state index contributed by atoms with van der Waals surface area (Å²) >= 11 is 0. The maximum Gasteiger partial charge on any atom is 0.264 e. The van der Waals surface area contributed by atoms with E-state index < -0.39 is 28.5 Å². The molecule has 3 aromatic rings. The Labute approximate surface area is 236 Å². The van der Waals surface area contributed by atoms with Gasteiger partial charge in [-0.05, 0) is 50.1 Å². The zero-order valence-corrected chi connectivity index (χ0v) is 24.4. The van der Waals surface area contributed by atoms with Crippen molar-refractivity contribution in [2.45, 2.75) is 50.7 Å². The van der Waals surface area contributed by atoms with Crippen molar-refractivity contribution < 1.29 is 27.5 Å². The van der Waals surface area contributed by atoms with Crippen LogP contribution in [-0.4, -0.2) is 58.0 Å². The highest BCUT2D eigenvalue weighted by atomic mass is 32.2. The van der Waals surface area contributed by atoms with Gasteiger partial charge in [-0.15, -0.1) is 0 Å². The first-order chi connectivity index (χ1) is 19.1. The van der Waals surface area contributed by atoms with Crippen LogP contribution in [-0.2, 0) is 26.2 Å². The Bertz CT molecular complexity index is 1380. The molecule has 10 heteroatoms. The van der Waals surface area contributed by atoms with Gasteiger partial charge in [0.1, 0.15) is 24.1 Å². The zero-order valence-electron chi connectivity index (χ0n) is 23.5. The summed E-state index contributed by atoms with van der Waals surface area (Å²) in [6, 6.07) is 20.9. The maximum absolute atomic E-state index is 14.1. The van der Waals surface area contributed by atoms with Crippen LogP contribution in [0.4, 0.5) is 5.69 Å². The average molecular weight is 568 g/mol. The van der Waals surface area contributed by atoms with Crippen molar-refractivity contribution in [2.24, 2.45) is 0 Å². The minimum atomic E-state index is -4.24. The fourth-order valence-electron chi connectivity index (χ4n) is 4.31. The van der Waals surface area contributed by atoms with E-state index in [2.05, 4.69) is 5.32 Å². The lowest BCUT2D eigenvalue weighted by atomic mass is 10.1. The lowest BCUT2D eigenvalue weighted by molar-refractivity contribution is -0.140. The Hall–Kier alpha value is -4.05. The van der Waals surface area contributed by atoms with E-state index >= 15 is 0 Å². The number of methoxy groups -OCH3 is 2. The molecule has 214 valence electrons. The Morgan fingerprint density at radius 1 is 0.900 bits per heavy atom. The molecule has 0 aromatic heterocycles. The molecule has 0 saturated heterocycles. The molecule has 0 saturated carbocycles. The first-order valence-electron chi connectivity index (χ1n) is 13.1. The summed E-state index contributed by atoms with van der Waals surface area (Å²) in [5, 5.41) is 2.89. The number of anilines is 1. The van der Waals surface area contributed by atoms with Gasteiger partial charge in [-0.1, -0.05) is 55.5 Å². The highest BCUT2D eigenvalue weighted by molar-refractivity contribution is 7.92. The number of hydrogen-bond acceptors (Lipinski definition) is 6. The molecule has 0 fully saturated rings. The van der Waals surface area contributed by atoms with Crippen LogP contribution in [0.3, 0.4) is 0 Å². The van der Waals surface area contributed by atoms with Crippen LogP contribution < -0.4 is 19.1 Å². The molecule has 0 aliphatic rings. The van der Waals surface area contributed by atoms with Crippen LogP contribution in [0, 0.1) is 0 Å². The molecule has 9 nitrogen and oxygen atoms in total. The monoisotopic (exact) mass is 567 g/mol. The third-order valence-electron chi connectivity index (χ3n) is 6.28. The van der Waals surface area contributed by atoms with Gasteiger partial charge < -0.3 is 19.7 Å². The third kappa shape index (κ3) is 7.32. The number of nitrogens with zero attached hydrogens (tertiary/aromatic N) is 2. The van der Waals surface area contributed by atoms with Crippen molar-refractivity contribution in [3.05, 3.63) is 84.4 Å². The summed E-state index contributed by atoms with van der Waals surface area (Å²) in [6.45, 7) is 5.06. The van der Waals surface area contributed by atoms with Crippen molar-refractivity contribution in [1.29, 1.82) is 0 Å². The second-order valence-electron chi connectivity index (χ2n) is 9.46. The van der Waals surface area contributed by atoms with Gasteiger partial charge in [0.2, 0.25) is 11.8 Å². The van der Waals surface area contributed by atoms with Crippen LogP contribution in [0.5, 0.6) is 11.5 Å². The van der Waals surface area contributed by atoms with Gasteiger partial charge in [0.05, 0.1) is 24.8 Å². The first kappa shape index (κ1) is 30.5. The SMILES string of the molecule is CCC(C(=O)NC(C)C)N(Cc1ccccc1)C(=O)CN(c1cc(OC)ccc1OC)S(=O)(=O)c1ccccc1. The number of amides is 2. The van der Waals surface area contributed by atoms with Gasteiger partial charge in [-0.3, -0.25) is 13.9 Å². The summed E-state index contributed by atoms with van der Waals surface area (Å²) in [4.78, 5) is 28.8. The quantitative estimate of drug-likeness (QED) is 0.332. The molecule has 0 heterocycles. The van der Waals surface area contributed by atoms with E-state index in [4.69, 9.17) is 9.47 Å². The van der Waals surface area contributed by atoms with Crippen molar-refractivity contribution in [2.75, 3.05) is 25.1 Å². The van der Waals surface area contributed by atoms with Gasteiger partial charge in [0.15, 0.2) is 0 Å². The molecule has 0 spiro atoms. The lowest BCUT2D eigenvalue weighted by Crippen LogP contribution is -2.53. The molecule has 3 aromatic carbocycles. The van der Waals surface area contributed by atoms with Crippen molar-refractivity contribution in [3.63, 3.8) is 0 Å². The van der Waals surface area contributed by atoms with Crippen molar-refractivity contribution in [3.8, 4) is 11.5 Å². The minimum Gasteiger partial charge on any atom is -0.497 e. The fourth-order valence-corrected chi connectivity index (χ4v) is 5.74. The van der Waals surface area contributed by atoms with E-state index in [1.165, 1.54) is 37.3 Å². The summed E-state index contributed by atoms with van der Waals surface area (Å²) < 4.78 is 39.9. The molecule has 0 radical (unpaired) electrons. The van der Waals surface area contributed by atoms with E-state index in [-0.39, 0.29) is 34.8 Å². The molecule has 1 N–H and O–H groups in total. The Morgan fingerprint density at radius 3 is 2.08 bits per heavy atom. The topological polar surface area (TPSA) is 105 Å². The van der Waals surface area contributed by atoms with Crippen LogP contribution >= 0.6 is 0 Å². The van der Waals surface area contributed by atoms with E-state index in [0.29, 0.717) is 12.2 Å². The normalized spacial score (nSPS) is 11.9. The zero-order chi connectivity index (χ0) is 29.3. The van der Waals surface area contributed by atoms with Crippen molar-refractivity contribution in [1.82, 2.24) is 10.2 Å². The van der Waals surface area contributed by atoms with Crippen molar-refractivity contribution >= 4 is 27.5 Å². The number of ether oxygens (including phenoxy) is 2. The average Bonchev–Trinajstić information content (AvgIpc) is 2.95. The smallest absolute Gasteiger partial charge is 0.264 e. The molecule has 0 aliphatic heterocycles. The molecular formula is C30H37N3O6S. The van der Waals surface area contributed by atoms with Gasteiger partial charge in [0.25, 0.3) is 10.0 Å². The lowest BCUT2D eigenvalue weighted by Gasteiger charge is -2.34. The van der Waals surface area contributed by atoms with Crippen LogP contribution in [0.1, 0.15) is 32.8 Å². The second kappa shape index (κ2) is 13.8. The Kier molecular flexibility index (Phi) is 10.6. The Balaban J connectivity index is 2.13. The van der Waals surface area contributed by atoms with Crippen LogP contribution in [0.25, 0.3) is 0 Å². The Morgan fingerprint density at radius 2 is 1.52 bits per heavy atom. The van der Waals surface area contributed by atoms with E-state index in [1.54, 1.807) is 30.3 Å². The number of hydrogen-bond donors (Lipinski definition) is 1. The third-order valence-corrected chi connectivity index (χ3v) is 8.05. The maximum atomic E-state index is 14.1. The molecule has 40 heavy (non-hydrogen) atoms. The summed E-state index contributed by atoms with van der Waals surface area (Å²) in [5.41, 5.74) is 0.946. The highest BCUT2D eigenvalue weighted by Gasteiger charge is 2.35. The van der Waals surface area contributed by atoms with Gasteiger partial charge in [-0.2, -0.15) is 0 Å². The number of sulfonamides is 1. The minimum absolute atomic E-state index is 0.00637. The molecule has 2 amide bonds. The molecule has 3 rings (SSSR count). The molecular weight excluding hydrogens is 530 g/mol. The number of carbonyl (C=O) groups is 2. The molecule has 1 atom stereocenters. The van der Waals surface area contributed by atoms with Crippen LogP contribution in [0.15, 0.2) is 83.8 Å². The largest absolute Gasteiger partial charge is 0.497 e. The number of nitrogens with one attached hydrogen (secondary N) is 1. The summed E-state index contributed by atoms with van der Waals surface area (Å²) in [7, 11) is -1.35. The summed E-state index contributed by atoms with van der Waals surface area (Å²) in [6.07, 6.45) is 0.338. The number of carbonyl (C=O) groups excluding carboxylic acids is 2. The van der Waals surface area contributed by atoms with Gasteiger partial charge >= 0.3 is 0 Å². The van der Waals surface area contributed by atoms with E-state index in [1.807, 2.05) is 51.1 Å². The number of benzene rings is 3. The standard InChI is InChI=1S/C30H37N3O6S/c1-6-26(30(35)31-22(2)3)32(20-23-13-9-7-10-14-23)29(34)21-33(40(36,37)25-15-11-8-12-16-25)27-19-24(38-4)17-18-28(27)39-5/h7-19,22,26H,6,20-21H2,1-5H3,(H,31,35). The van der Waals surface area contributed by atoms with Crippen LogP contribution in [0.2, 0.25) is 0 Å². The predicted molar refractivity (Wildman–Crippen MR) is 155 cm³/mol. The van der Waals surface area contributed by atoms with Gasteiger partial charge in [0, 0.05) is 18.7 Å². The molecule has 1 unspecified atom stereocenters. The first-order valence-corrected chi connectivity index (χ1v) is 14.5. The molecule has 0 bridgehead atoms. The van der Waals surface area contributed by atoms with Gasteiger partial charge in [-0.25, -0.2) is 8.42 Å². The highest BCUT2D eigenvalue weighted by Crippen LogP contribution is 2.36. The van der Waals surface area contributed by atoms with E-state index in [9.17, 15) is 18.0 Å². The fraction of sp³-hybridized carbons (Fsp3) is 0.333. The van der Waals surface area contributed by atoms with E-state index in [0.717, 1.165) is 9.87 Å².